The van der Waals surface area contributed by atoms with E-state index in [0.717, 1.165) is 23.7 Å². The van der Waals surface area contributed by atoms with Gasteiger partial charge in [0.2, 0.25) is 17.7 Å². The van der Waals surface area contributed by atoms with Crippen LogP contribution in [0.3, 0.4) is 0 Å². The minimum Gasteiger partial charge on any atom is -0.370 e. The molecule has 1 aliphatic heterocycles. The molecule has 2 aromatic carbocycles. The van der Waals surface area contributed by atoms with E-state index in [2.05, 4.69) is 20.9 Å². The van der Waals surface area contributed by atoms with Gasteiger partial charge in [0, 0.05) is 12.1 Å². The Morgan fingerprint density at radius 3 is 2.04 bits per heavy atom. The molecule has 16 heteroatoms. The number of benzene rings is 2. The van der Waals surface area contributed by atoms with Crippen molar-refractivity contribution in [3.8, 4) is 0 Å². The summed E-state index contributed by atoms with van der Waals surface area (Å²) >= 11 is 0.840. The van der Waals surface area contributed by atoms with Crippen molar-refractivity contribution in [2.75, 3.05) is 13.1 Å². The third kappa shape index (κ3) is 12.9. The highest BCUT2D eigenvalue weighted by atomic mass is 32.2. The summed E-state index contributed by atoms with van der Waals surface area (Å²) in [5, 5.41) is 7.69. The summed E-state index contributed by atoms with van der Waals surface area (Å²) in [6, 6.07) is 12.5. The molecule has 0 radical (unpaired) electrons. The predicted octanol–water partition coefficient (Wildman–Crippen LogP) is 1.46. The van der Waals surface area contributed by atoms with Crippen molar-refractivity contribution >= 4 is 58.6 Å². The van der Waals surface area contributed by atoms with Crippen molar-refractivity contribution in [1.29, 1.82) is 0 Å². The number of primary amides is 1. The van der Waals surface area contributed by atoms with Crippen LogP contribution in [0.4, 0.5) is 4.79 Å². The summed E-state index contributed by atoms with van der Waals surface area (Å²) in [4.78, 5) is 83.0. The highest BCUT2D eigenvalue weighted by Crippen LogP contribution is 2.33. The Hall–Kier alpha value is -5.22. The molecule has 15 nitrogen and oxygen atoms in total. The first-order valence-electron chi connectivity index (χ1n) is 16.8. The monoisotopic (exact) mass is 721 g/mol. The van der Waals surface area contributed by atoms with Crippen molar-refractivity contribution < 1.29 is 28.8 Å². The predicted molar refractivity (Wildman–Crippen MR) is 196 cm³/mol. The van der Waals surface area contributed by atoms with Crippen LogP contribution in [0.25, 0.3) is 6.08 Å². The van der Waals surface area contributed by atoms with E-state index in [1.165, 1.54) is 17.0 Å². The van der Waals surface area contributed by atoms with Gasteiger partial charge in [0.05, 0.1) is 11.4 Å². The average Bonchev–Trinajstić information content (AvgIpc) is 3.36. The summed E-state index contributed by atoms with van der Waals surface area (Å²) in [6.45, 7) is 2.56. The highest BCUT2D eigenvalue weighted by Gasteiger charge is 2.35. The van der Waals surface area contributed by atoms with Crippen LogP contribution in [-0.4, -0.2) is 76.8 Å². The highest BCUT2D eigenvalue weighted by molar-refractivity contribution is 8.18. The number of imide groups is 1. The summed E-state index contributed by atoms with van der Waals surface area (Å²) < 4.78 is 0. The Labute approximate surface area is 301 Å². The van der Waals surface area contributed by atoms with Crippen molar-refractivity contribution in [2.45, 2.75) is 76.5 Å². The molecular formula is C35H47N9O6S. The fourth-order valence-electron chi connectivity index (χ4n) is 5.13. The molecule has 274 valence electrons. The van der Waals surface area contributed by atoms with Crippen LogP contribution < -0.4 is 38.9 Å². The number of nitrogens with zero attached hydrogens (tertiary/aromatic N) is 2. The molecule has 1 aliphatic rings. The molecule has 6 amide bonds. The maximum atomic E-state index is 13.6. The zero-order valence-corrected chi connectivity index (χ0v) is 29.5. The Morgan fingerprint density at radius 1 is 0.824 bits per heavy atom. The van der Waals surface area contributed by atoms with E-state index in [-0.39, 0.29) is 54.1 Å². The molecule has 2 aromatic rings. The van der Waals surface area contributed by atoms with Gasteiger partial charge in [-0.25, -0.2) is 0 Å². The van der Waals surface area contributed by atoms with Crippen LogP contribution in [0.1, 0.15) is 73.4 Å². The molecule has 0 saturated carbocycles. The summed E-state index contributed by atoms with van der Waals surface area (Å²) in [5.74, 6) is -2.99. The van der Waals surface area contributed by atoms with Crippen LogP contribution in [-0.2, 0) is 25.7 Å². The standard InChI is InChI=1S/C35H47N9O6S/c1-2-3-11-25(29(37)45)41-31(47)26(12-7-18-36)43-32(48)27(13-8-19-40-34(38)39)42-30(46)24-16-14-22(15-17-24)20-28-33(49)44(35(50)51-28)21-23-9-5-4-6-10-23/h4-6,9-10,14-17,20,25-27H,2-3,7-8,11-13,18-19,21,36H2,1H3,(H2,37,45)(H,41,47)(H,42,46)(H,43,48)(H4,38,39,40)/b28-20-/t25-,26-,27-/m0/s1. The SMILES string of the molecule is CCCC[C@H](NC(=O)[C@H](CCCN)NC(=O)[C@H](CCCN=C(N)N)NC(=O)c1ccc(/C=C2\SC(=O)N(Cc3ccccc3)C2=O)cc1)C(N)=O. The van der Waals surface area contributed by atoms with Gasteiger partial charge < -0.3 is 38.9 Å². The number of nitrogens with two attached hydrogens (primary N) is 4. The number of thioether (sulfide) groups is 1. The Kier molecular flexibility index (Phi) is 16.1. The third-order valence-corrected chi connectivity index (χ3v) is 8.84. The number of rotatable bonds is 20. The number of hydrogen-bond acceptors (Lipinski definition) is 9. The van der Waals surface area contributed by atoms with E-state index in [4.69, 9.17) is 22.9 Å². The largest absolute Gasteiger partial charge is 0.370 e. The van der Waals surface area contributed by atoms with Gasteiger partial charge in [-0.3, -0.25) is 38.7 Å². The molecule has 11 N–H and O–H groups in total. The van der Waals surface area contributed by atoms with Crippen LogP contribution >= 0.6 is 11.8 Å². The van der Waals surface area contributed by atoms with Gasteiger partial charge in [0.15, 0.2) is 5.96 Å². The van der Waals surface area contributed by atoms with E-state index in [1.54, 1.807) is 18.2 Å². The minimum absolute atomic E-state index is 0.119. The van der Waals surface area contributed by atoms with E-state index in [9.17, 15) is 28.8 Å². The lowest BCUT2D eigenvalue weighted by Gasteiger charge is -2.25. The lowest BCUT2D eigenvalue weighted by Crippen LogP contribution is -2.56. The number of aliphatic imine (C=N–C) groups is 1. The van der Waals surface area contributed by atoms with Crippen molar-refractivity contribution in [2.24, 2.45) is 27.9 Å². The van der Waals surface area contributed by atoms with E-state index >= 15 is 0 Å². The van der Waals surface area contributed by atoms with Gasteiger partial charge in [-0.2, -0.15) is 0 Å². The Morgan fingerprint density at radius 2 is 1.43 bits per heavy atom. The topological polar surface area (TPSA) is 258 Å². The zero-order chi connectivity index (χ0) is 37.3. The molecule has 0 aromatic heterocycles. The molecule has 3 atom stereocenters. The summed E-state index contributed by atoms with van der Waals surface area (Å²) in [5.41, 5.74) is 23.7. The zero-order valence-electron chi connectivity index (χ0n) is 28.6. The van der Waals surface area contributed by atoms with Crippen LogP contribution in [0, 0.1) is 0 Å². The maximum Gasteiger partial charge on any atom is 0.293 e. The molecule has 0 unspecified atom stereocenters. The fraction of sp³-hybridized carbons (Fsp3) is 0.400. The molecule has 1 heterocycles. The lowest BCUT2D eigenvalue weighted by atomic mass is 10.0. The van der Waals surface area contributed by atoms with Gasteiger partial charge in [-0.15, -0.1) is 0 Å². The second kappa shape index (κ2) is 20.5. The average molecular weight is 722 g/mol. The van der Waals surface area contributed by atoms with Gasteiger partial charge in [-0.05, 0) is 79.7 Å². The van der Waals surface area contributed by atoms with Gasteiger partial charge in [0.1, 0.15) is 18.1 Å². The van der Waals surface area contributed by atoms with Crippen LogP contribution in [0.2, 0.25) is 0 Å². The Bertz CT molecular complexity index is 1600. The normalized spacial score (nSPS) is 15.2. The van der Waals surface area contributed by atoms with Crippen molar-refractivity contribution in [3.05, 3.63) is 76.2 Å². The van der Waals surface area contributed by atoms with Crippen molar-refractivity contribution in [3.63, 3.8) is 0 Å². The lowest BCUT2D eigenvalue weighted by molar-refractivity contribution is -0.132. The molecular weight excluding hydrogens is 675 g/mol. The molecule has 0 aliphatic carbocycles. The van der Waals surface area contributed by atoms with Crippen LogP contribution in [0.5, 0.6) is 0 Å². The number of guanidine groups is 1. The number of nitrogens with one attached hydrogen (secondary N) is 3. The molecule has 3 rings (SSSR count). The molecule has 1 fully saturated rings. The molecule has 1 saturated heterocycles. The van der Waals surface area contributed by atoms with Gasteiger partial charge in [0.25, 0.3) is 17.1 Å². The second-order valence-electron chi connectivity index (χ2n) is 11.9. The van der Waals surface area contributed by atoms with E-state index < -0.39 is 47.7 Å². The van der Waals surface area contributed by atoms with E-state index in [1.807, 2.05) is 37.3 Å². The first-order chi connectivity index (χ1) is 24.4. The third-order valence-electron chi connectivity index (χ3n) is 7.93. The van der Waals surface area contributed by atoms with Crippen LogP contribution in [0.15, 0.2) is 64.5 Å². The summed E-state index contributed by atoms with van der Waals surface area (Å²) in [7, 11) is 0. The quantitative estimate of drug-likeness (QED) is 0.0448. The number of hydrogen-bond donors (Lipinski definition) is 7. The number of unbranched alkanes of at least 4 members (excludes halogenated alkanes) is 1. The van der Waals surface area contributed by atoms with Gasteiger partial charge in [-0.1, -0.05) is 62.2 Å². The first-order valence-corrected chi connectivity index (χ1v) is 17.6. The fourth-order valence-corrected chi connectivity index (χ4v) is 5.97. The number of amides is 6. The van der Waals surface area contributed by atoms with Gasteiger partial charge >= 0.3 is 0 Å². The summed E-state index contributed by atoms with van der Waals surface area (Å²) in [6.07, 6.45) is 4.45. The molecule has 51 heavy (non-hydrogen) atoms. The van der Waals surface area contributed by atoms with Crippen molar-refractivity contribution in [1.82, 2.24) is 20.9 Å². The minimum atomic E-state index is -1.08. The Balaban J connectivity index is 1.72. The van der Waals surface area contributed by atoms with E-state index in [0.29, 0.717) is 31.2 Å². The smallest absolute Gasteiger partial charge is 0.293 e. The maximum absolute atomic E-state index is 13.6. The second-order valence-corrected chi connectivity index (χ2v) is 12.9. The molecule has 0 spiro atoms. The number of carbonyl (C=O) groups is 6. The molecule has 0 bridgehead atoms. The first kappa shape index (κ1) is 40.2. The number of carbonyl (C=O) groups excluding carboxylic acids is 6.